The highest BCUT2D eigenvalue weighted by Gasteiger charge is 2.42. The molecule has 2 aliphatic rings. The van der Waals surface area contributed by atoms with Crippen molar-refractivity contribution in [2.24, 2.45) is 0 Å². The van der Waals surface area contributed by atoms with Crippen molar-refractivity contribution in [1.29, 1.82) is 0 Å². The standard InChI is InChI=1S/C20H22N6O/c1-2-25-17(10-11-21-25)20(27)26-15-8-9-16(26)13-24-18(12-15)22-23-19(24)14-6-4-3-5-7-14/h3-7,10-11,15-16H,2,8-9,12-13H2,1H3. The van der Waals surface area contributed by atoms with Gasteiger partial charge in [0.1, 0.15) is 11.5 Å². The van der Waals surface area contributed by atoms with Gasteiger partial charge >= 0.3 is 0 Å². The highest BCUT2D eigenvalue weighted by Crippen LogP contribution is 2.34. The molecule has 1 amide bonds. The maximum atomic E-state index is 13.3. The number of nitrogens with zero attached hydrogens (tertiary/aromatic N) is 6. The highest BCUT2D eigenvalue weighted by atomic mass is 16.2. The van der Waals surface area contributed by atoms with Crippen LogP contribution in [-0.2, 0) is 19.5 Å². The second-order valence-corrected chi connectivity index (χ2v) is 7.25. The van der Waals surface area contributed by atoms with E-state index in [4.69, 9.17) is 0 Å². The van der Waals surface area contributed by atoms with Crippen LogP contribution in [0.25, 0.3) is 11.4 Å². The molecule has 7 nitrogen and oxygen atoms in total. The molecule has 7 heteroatoms. The summed E-state index contributed by atoms with van der Waals surface area (Å²) in [6.07, 6.45) is 4.49. The van der Waals surface area contributed by atoms with E-state index in [0.29, 0.717) is 12.2 Å². The molecule has 0 N–H and O–H groups in total. The predicted octanol–water partition coefficient (Wildman–Crippen LogP) is 2.39. The Bertz CT molecular complexity index is 976. The zero-order valence-corrected chi connectivity index (χ0v) is 15.3. The molecular weight excluding hydrogens is 340 g/mol. The van der Waals surface area contributed by atoms with Crippen LogP contribution in [0, 0.1) is 0 Å². The van der Waals surface area contributed by atoms with Crippen molar-refractivity contribution >= 4 is 5.91 Å². The van der Waals surface area contributed by atoms with Crippen LogP contribution in [0.4, 0.5) is 0 Å². The molecule has 2 atom stereocenters. The van der Waals surface area contributed by atoms with E-state index in [-0.39, 0.29) is 18.0 Å². The lowest BCUT2D eigenvalue weighted by molar-refractivity contribution is 0.0653. The summed E-state index contributed by atoms with van der Waals surface area (Å²) in [4.78, 5) is 15.4. The maximum absolute atomic E-state index is 13.3. The number of aryl methyl sites for hydroxylation is 1. The number of rotatable bonds is 3. The molecule has 27 heavy (non-hydrogen) atoms. The Morgan fingerprint density at radius 3 is 2.74 bits per heavy atom. The monoisotopic (exact) mass is 362 g/mol. The molecule has 1 fully saturated rings. The van der Waals surface area contributed by atoms with E-state index in [0.717, 1.165) is 43.0 Å². The largest absolute Gasteiger partial charge is 0.329 e. The lowest BCUT2D eigenvalue weighted by atomic mass is 10.1. The van der Waals surface area contributed by atoms with Crippen LogP contribution in [0.15, 0.2) is 42.6 Å². The topological polar surface area (TPSA) is 68.8 Å². The minimum atomic E-state index is 0.0850. The van der Waals surface area contributed by atoms with Crippen LogP contribution in [0.1, 0.15) is 36.1 Å². The molecule has 2 bridgehead atoms. The lowest BCUT2D eigenvalue weighted by Gasteiger charge is -2.28. The molecule has 0 spiro atoms. The average Bonchev–Trinajstić information content (AvgIpc) is 3.39. The van der Waals surface area contributed by atoms with E-state index in [1.807, 2.05) is 31.2 Å². The van der Waals surface area contributed by atoms with Crippen LogP contribution in [0.3, 0.4) is 0 Å². The lowest BCUT2D eigenvalue weighted by Crippen LogP contribution is -2.43. The summed E-state index contributed by atoms with van der Waals surface area (Å²) < 4.78 is 3.98. The molecule has 1 aromatic carbocycles. The summed E-state index contributed by atoms with van der Waals surface area (Å²) in [5.41, 5.74) is 1.74. The molecule has 2 aromatic heterocycles. The van der Waals surface area contributed by atoms with E-state index in [1.165, 1.54) is 0 Å². The number of hydrogen-bond donors (Lipinski definition) is 0. The van der Waals surface area contributed by atoms with E-state index in [2.05, 4.69) is 36.9 Å². The number of carbonyl (C=O) groups is 1. The Morgan fingerprint density at radius 2 is 1.93 bits per heavy atom. The zero-order chi connectivity index (χ0) is 18.4. The summed E-state index contributed by atoms with van der Waals surface area (Å²) in [6, 6.07) is 12.3. The average molecular weight is 362 g/mol. The Hall–Kier alpha value is -2.96. The molecule has 138 valence electrons. The van der Waals surface area contributed by atoms with Crippen molar-refractivity contribution in [3.8, 4) is 11.4 Å². The fourth-order valence-corrected chi connectivity index (χ4v) is 4.47. The van der Waals surface area contributed by atoms with E-state index >= 15 is 0 Å². The fourth-order valence-electron chi connectivity index (χ4n) is 4.47. The van der Waals surface area contributed by atoms with Crippen LogP contribution >= 0.6 is 0 Å². The van der Waals surface area contributed by atoms with Crippen molar-refractivity contribution < 1.29 is 4.79 Å². The SMILES string of the molecule is CCn1nccc1C(=O)N1C2CCC1Cn1c(nnc1-c1ccccc1)C2. The number of benzene rings is 1. The first kappa shape index (κ1) is 16.2. The van der Waals surface area contributed by atoms with Gasteiger partial charge in [0.2, 0.25) is 0 Å². The minimum absolute atomic E-state index is 0.0850. The second kappa shape index (κ2) is 6.33. The first-order chi connectivity index (χ1) is 13.3. The Kier molecular flexibility index (Phi) is 3.81. The third-order valence-electron chi connectivity index (χ3n) is 5.76. The Balaban J connectivity index is 1.50. The van der Waals surface area contributed by atoms with Gasteiger partial charge < -0.3 is 9.47 Å². The van der Waals surface area contributed by atoms with Gasteiger partial charge in [0, 0.05) is 37.3 Å². The summed E-state index contributed by atoms with van der Waals surface area (Å²) in [6.45, 7) is 3.45. The van der Waals surface area contributed by atoms with Crippen molar-refractivity contribution in [3.63, 3.8) is 0 Å². The maximum Gasteiger partial charge on any atom is 0.272 e. The van der Waals surface area contributed by atoms with E-state index in [1.54, 1.807) is 10.9 Å². The smallest absolute Gasteiger partial charge is 0.272 e. The second-order valence-electron chi connectivity index (χ2n) is 7.25. The molecule has 2 aliphatic heterocycles. The van der Waals surface area contributed by atoms with Crippen molar-refractivity contribution in [2.45, 2.75) is 51.4 Å². The van der Waals surface area contributed by atoms with Gasteiger partial charge in [-0.3, -0.25) is 9.48 Å². The summed E-state index contributed by atoms with van der Waals surface area (Å²) in [5, 5.41) is 13.2. The van der Waals surface area contributed by atoms with Gasteiger partial charge in [0.15, 0.2) is 5.82 Å². The van der Waals surface area contributed by atoms with Gasteiger partial charge in [0.05, 0.1) is 6.04 Å². The number of amides is 1. The number of hydrogen-bond acceptors (Lipinski definition) is 4. The predicted molar refractivity (Wildman–Crippen MR) is 100 cm³/mol. The zero-order valence-electron chi connectivity index (χ0n) is 15.3. The number of fused-ring (bicyclic) bond motifs is 3. The third-order valence-corrected chi connectivity index (χ3v) is 5.76. The molecule has 0 radical (unpaired) electrons. The summed E-state index contributed by atoms with van der Waals surface area (Å²) in [5.74, 6) is 1.95. The molecule has 3 aromatic rings. The Morgan fingerprint density at radius 1 is 1.11 bits per heavy atom. The first-order valence-corrected chi connectivity index (χ1v) is 9.58. The van der Waals surface area contributed by atoms with Crippen LogP contribution in [0.5, 0.6) is 0 Å². The van der Waals surface area contributed by atoms with Crippen LogP contribution < -0.4 is 0 Å². The fraction of sp³-hybridized carbons (Fsp3) is 0.400. The van der Waals surface area contributed by atoms with Gasteiger partial charge in [-0.15, -0.1) is 10.2 Å². The van der Waals surface area contributed by atoms with E-state index in [9.17, 15) is 4.79 Å². The molecule has 0 saturated carbocycles. The van der Waals surface area contributed by atoms with Crippen LogP contribution in [0.2, 0.25) is 0 Å². The molecule has 2 unspecified atom stereocenters. The highest BCUT2D eigenvalue weighted by molar-refractivity contribution is 5.93. The normalized spacial score (nSPS) is 21.1. The van der Waals surface area contributed by atoms with Gasteiger partial charge in [-0.2, -0.15) is 5.10 Å². The Labute approximate surface area is 157 Å². The van der Waals surface area contributed by atoms with Crippen molar-refractivity contribution in [2.75, 3.05) is 0 Å². The van der Waals surface area contributed by atoms with Gasteiger partial charge in [-0.1, -0.05) is 30.3 Å². The van der Waals surface area contributed by atoms with Gasteiger partial charge in [-0.05, 0) is 25.8 Å². The molecule has 0 aliphatic carbocycles. The van der Waals surface area contributed by atoms with Crippen LogP contribution in [-0.4, -0.2) is 47.4 Å². The summed E-state index contributed by atoms with van der Waals surface area (Å²) in [7, 11) is 0. The van der Waals surface area contributed by atoms with Gasteiger partial charge in [-0.25, -0.2) is 0 Å². The van der Waals surface area contributed by atoms with E-state index < -0.39 is 0 Å². The number of carbonyl (C=O) groups excluding carboxylic acids is 1. The third kappa shape index (κ3) is 2.57. The first-order valence-electron chi connectivity index (χ1n) is 9.58. The molecule has 4 heterocycles. The molecule has 1 saturated heterocycles. The van der Waals surface area contributed by atoms with Crippen molar-refractivity contribution in [3.05, 3.63) is 54.1 Å². The minimum Gasteiger partial charge on any atom is -0.329 e. The quantitative estimate of drug-likeness (QED) is 0.717. The summed E-state index contributed by atoms with van der Waals surface area (Å²) >= 11 is 0. The molecule has 5 rings (SSSR count). The molecular formula is C20H22N6O. The van der Waals surface area contributed by atoms with Gasteiger partial charge in [0.25, 0.3) is 5.91 Å². The van der Waals surface area contributed by atoms with Crippen molar-refractivity contribution in [1.82, 2.24) is 29.4 Å². The number of aromatic nitrogens is 5.